The van der Waals surface area contributed by atoms with E-state index in [1.54, 1.807) is 0 Å². The largest absolute Gasteiger partial charge is 0.480 e. The zero-order chi connectivity index (χ0) is 46.1. The number of hydrogen-bond donors (Lipinski definition) is 4. The average Bonchev–Trinajstić information content (AvgIpc) is 3.27. The maximum absolute atomic E-state index is 12.9. The molecular formula is C54H94N2O7. The van der Waals surface area contributed by atoms with E-state index < -0.39 is 24.5 Å². The molecule has 0 rings (SSSR count). The van der Waals surface area contributed by atoms with Gasteiger partial charge >= 0.3 is 11.9 Å². The highest BCUT2D eigenvalue weighted by molar-refractivity contribution is 5.87. The molecule has 0 fully saturated rings. The van der Waals surface area contributed by atoms with Crippen molar-refractivity contribution in [2.24, 2.45) is 0 Å². The van der Waals surface area contributed by atoms with Crippen molar-refractivity contribution in [2.45, 2.75) is 244 Å². The van der Waals surface area contributed by atoms with E-state index in [1.165, 1.54) is 103 Å². The Balaban J connectivity index is 4.26. The van der Waals surface area contributed by atoms with Gasteiger partial charge in [0, 0.05) is 12.8 Å². The maximum atomic E-state index is 12.9. The zero-order valence-corrected chi connectivity index (χ0v) is 40.3. The number of rotatable bonds is 46. The Hall–Kier alpha value is -3.46. The van der Waals surface area contributed by atoms with Gasteiger partial charge in [-0.1, -0.05) is 197 Å². The van der Waals surface area contributed by atoms with Gasteiger partial charge in [0.2, 0.25) is 11.8 Å². The molecule has 2 atom stereocenters. The zero-order valence-electron chi connectivity index (χ0n) is 40.3. The first-order valence-corrected chi connectivity index (χ1v) is 25.7. The Bertz CT molecular complexity index is 1240. The van der Waals surface area contributed by atoms with Crippen LogP contribution in [0.15, 0.2) is 60.8 Å². The van der Waals surface area contributed by atoms with Crippen molar-refractivity contribution >= 4 is 23.8 Å². The molecule has 0 bridgehead atoms. The molecule has 0 aliphatic rings. The molecule has 0 aromatic rings. The number of aliphatic hydroxyl groups is 1. The van der Waals surface area contributed by atoms with Crippen LogP contribution in [0.1, 0.15) is 232 Å². The van der Waals surface area contributed by atoms with Crippen LogP contribution in [0.25, 0.3) is 0 Å². The molecule has 9 nitrogen and oxygen atoms in total. The third-order valence-electron chi connectivity index (χ3n) is 11.3. The van der Waals surface area contributed by atoms with Crippen molar-refractivity contribution < 1.29 is 34.1 Å². The molecule has 63 heavy (non-hydrogen) atoms. The summed E-state index contributed by atoms with van der Waals surface area (Å²) in [5, 5.41) is 22.6. The second-order valence-corrected chi connectivity index (χ2v) is 17.2. The SMILES string of the molecule is CC/C=C\C/C=C\C/C=C\C/C=C\C/C=C\CCCCCCCCCC(=O)OC(CCCCCCCCCCCCCC)CCCCCCCC(=O)NCC(=O)NC(CO)C(=O)O. The number of amides is 2. The minimum Gasteiger partial charge on any atom is -0.480 e. The van der Waals surface area contributed by atoms with Crippen molar-refractivity contribution in [1.82, 2.24) is 10.6 Å². The third kappa shape index (κ3) is 44.9. The van der Waals surface area contributed by atoms with Crippen molar-refractivity contribution in [3.8, 4) is 0 Å². The number of carbonyl (C=O) groups excluding carboxylic acids is 3. The molecule has 0 aliphatic carbocycles. The van der Waals surface area contributed by atoms with Gasteiger partial charge in [-0.2, -0.15) is 0 Å². The number of carbonyl (C=O) groups is 4. The number of hydrogen-bond acceptors (Lipinski definition) is 6. The first kappa shape index (κ1) is 59.5. The molecule has 0 saturated heterocycles. The highest BCUT2D eigenvalue weighted by atomic mass is 16.5. The average molecular weight is 883 g/mol. The molecule has 0 aromatic carbocycles. The topological polar surface area (TPSA) is 142 Å². The summed E-state index contributed by atoms with van der Waals surface area (Å²) in [7, 11) is 0. The van der Waals surface area contributed by atoms with E-state index in [4.69, 9.17) is 14.9 Å². The number of aliphatic hydroxyl groups excluding tert-OH is 1. The van der Waals surface area contributed by atoms with Gasteiger partial charge in [0.25, 0.3) is 0 Å². The first-order chi connectivity index (χ1) is 30.8. The van der Waals surface area contributed by atoms with Crippen LogP contribution in [0.3, 0.4) is 0 Å². The van der Waals surface area contributed by atoms with E-state index in [9.17, 15) is 19.2 Å². The Labute approximate surface area is 385 Å². The molecule has 2 amide bonds. The smallest absolute Gasteiger partial charge is 0.328 e. The summed E-state index contributed by atoms with van der Waals surface area (Å²) in [6.45, 7) is 3.38. The lowest BCUT2D eigenvalue weighted by Crippen LogP contribution is -2.47. The summed E-state index contributed by atoms with van der Waals surface area (Å²) in [6.07, 6.45) is 59.7. The number of ether oxygens (including phenoxy) is 1. The second kappa shape index (κ2) is 48.0. The number of unbranched alkanes of at least 4 members (excludes halogenated alkanes) is 22. The van der Waals surface area contributed by atoms with E-state index in [-0.39, 0.29) is 24.5 Å². The van der Waals surface area contributed by atoms with E-state index >= 15 is 0 Å². The lowest BCUT2D eigenvalue weighted by Gasteiger charge is -2.18. The molecule has 0 saturated carbocycles. The van der Waals surface area contributed by atoms with E-state index in [0.29, 0.717) is 19.3 Å². The van der Waals surface area contributed by atoms with Gasteiger partial charge in [0.1, 0.15) is 12.1 Å². The quantitative estimate of drug-likeness (QED) is 0.0271. The van der Waals surface area contributed by atoms with Crippen molar-refractivity contribution in [2.75, 3.05) is 13.2 Å². The van der Waals surface area contributed by atoms with E-state index in [2.05, 4.69) is 85.2 Å². The van der Waals surface area contributed by atoms with Crippen molar-refractivity contribution in [1.29, 1.82) is 0 Å². The monoisotopic (exact) mass is 883 g/mol. The summed E-state index contributed by atoms with van der Waals surface area (Å²) < 4.78 is 6.06. The van der Waals surface area contributed by atoms with Crippen molar-refractivity contribution in [3.63, 3.8) is 0 Å². The molecule has 0 heterocycles. The number of carboxylic acids is 1. The summed E-state index contributed by atoms with van der Waals surface area (Å²) in [4.78, 5) is 47.8. The fourth-order valence-electron chi connectivity index (χ4n) is 7.39. The third-order valence-corrected chi connectivity index (χ3v) is 11.3. The molecule has 0 spiro atoms. The predicted molar refractivity (Wildman–Crippen MR) is 264 cm³/mol. The normalized spacial score (nSPS) is 12.9. The van der Waals surface area contributed by atoms with Crippen LogP contribution in [0.2, 0.25) is 0 Å². The van der Waals surface area contributed by atoms with Gasteiger partial charge < -0.3 is 25.6 Å². The molecule has 9 heteroatoms. The van der Waals surface area contributed by atoms with E-state index in [0.717, 1.165) is 96.3 Å². The minimum absolute atomic E-state index is 0.0212. The van der Waals surface area contributed by atoms with Crippen molar-refractivity contribution in [3.05, 3.63) is 60.8 Å². The van der Waals surface area contributed by atoms with Gasteiger partial charge in [-0.25, -0.2) is 4.79 Å². The molecule has 0 radical (unpaired) electrons. The fraction of sp³-hybridized carbons (Fsp3) is 0.741. The predicted octanol–water partition coefficient (Wildman–Crippen LogP) is 13.7. The molecular weight excluding hydrogens is 789 g/mol. The van der Waals surface area contributed by atoms with E-state index in [1.807, 2.05) is 0 Å². The number of esters is 1. The minimum atomic E-state index is -1.38. The molecule has 2 unspecified atom stereocenters. The van der Waals surface area contributed by atoms with Gasteiger partial charge in [-0.15, -0.1) is 0 Å². The van der Waals surface area contributed by atoms with Gasteiger partial charge in [0.15, 0.2) is 0 Å². The maximum Gasteiger partial charge on any atom is 0.328 e. The highest BCUT2D eigenvalue weighted by Crippen LogP contribution is 2.19. The molecule has 4 N–H and O–H groups in total. The number of aliphatic carboxylic acids is 1. The van der Waals surface area contributed by atoms with Crippen LogP contribution in [0.5, 0.6) is 0 Å². The lowest BCUT2D eigenvalue weighted by molar-refractivity contribution is -0.150. The summed E-state index contributed by atoms with van der Waals surface area (Å²) in [5.74, 6) is -2.30. The highest BCUT2D eigenvalue weighted by Gasteiger charge is 2.19. The van der Waals surface area contributed by atoms with Gasteiger partial charge in [0.05, 0.1) is 13.2 Å². The number of allylic oxidation sites excluding steroid dienone is 10. The van der Waals surface area contributed by atoms with Crippen LogP contribution in [-0.4, -0.2) is 59.3 Å². The van der Waals surface area contributed by atoms with Crippen LogP contribution in [0, 0.1) is 0 Å². The number of carboxylic acid groups (broad SMARTS) is 1. The summed E-state index contributed by atoms with van der Waals surface area (Å²) in [5.41, 5.74) is 0. The second-order valence-electron chi connectivity index (χ2n) is 17.2. The fourth-order valence-corrected chi connectivity index (χ4v) is 7.39. The molecule has 0 aliphatic heterocycles. The standard InChI is InChI=1S/C54H94N2O7/c1-3-5-7-9-11-13-15-17-18-19-20-21-22-23-24-25-26-27-29-31-33-38-42-46-53(60)63-49(43-39-35-32-30-28-16-14-12-10-8-6-4-2)44-40-36-34-37-41-45-51(58)55-47-52(59)56-50(48-57)54(61)62/h5,7,11,13,17-18,20-21,23-24,49-50,57H,3-4,6,8-10,12,14-16,19,22,25-48H2,1-2H3,(H,55,58)(H,56,59)(H,61,62)/b7-5-,13-11-,18-17-,21-20-,24-23-. The number of nitrogens with one attached hydrogen (secondary N) is 2. The Morgan fingerprint density at radius 3 is 1.37 bits per heavy atom. The summed E-state index contributed by atoms with van der Waals surface area (Å²) >= 11 is 0. The Kier molecular flexibility index (Phi) is 45.4. The first-order valence-electron chi connectivity index (χ1n) is 25.7. The van der Waals surface area contributed by atoms with Gasteiger partial charge in [-0.05, 0) is 83.5 Å². The van der Waals surface area contributed by atoms with Gasteiger partial charge in [-0.3, -0.25) is 14.4 Å². The van der Waals surface area contributed by atoms with Crippen LogP contribution >= 0.6 is 0 Å². The summed E-state index contributed by atoms with van der Waals surface area (Å²) in [6, 6.07) is -1.38. The Morgan fingerprint density at radius 1 is 0.492 bits per heavy atom. The molecule has 362 valence electrons. The Morgan fingerprint density at radius 2 is 0.905 bits per heavy atom. The lowest BCUT2D eigenvalue weighted by atomic mass is 10.0. The van der Waals surface area contributed by atoms with Crippen LogP contribution < -0.4 is 10.6 Å². The van der Waals surface area contributed by atoms with Crippen LogP contribution in [0.4, 0.5) is 0 Å². The van der Waals surface area contributed by atoms with Crippen LogP contribution in [-0.2, 0) is 23.9 Å². The molecule has 0 aromatic heterocycles.